The molecular formula is C27H23ClN6O3. The lowest BCUT2D eigenvalue weighted by atomic mass is 10.1. The van der Waals surface area contributed by atoms with Gasteiger partial charge in [0.2, 0.25) is 11.8 Å². The van der Waals surface area contributed by atoms with Crippen molar-refractivity contribution in [2.24, 2.45) is 0 Å². The molecule has 2 amide bonds. The van der Waals surface area contributed by atoms with E-state index >= 15 is 0 Å². The third-order valence-electron chi connectivity index (χ3n) is 5.59. The van der Waals surface area contributed by atoms with Crippen molar-refractivity contribution in [2.45, 2.75) is 20.4 Å². The predicted octanol–water partition coefficient (Wildman–Crippen LogP) is 5.42. The average molecular weight is 515 g/mol. The van der Waals surface area contributed by atoms with E-state index < -0.39 is 0 Å². The molecular weight excluding hydrogens is 492 g/mol. The number of halogens is 1. The van der Waals surface area contributed by atoms with Crippen LogP contribution in [0.1, 0.15) is 25.0 Å². The molecule has 0 radical (unpaired) electrons. The first-order valence-electron chi connectivity index (χ1n) is 11.2. The molecule has 0 spiro atoms. The number of rotatable bonds is 7. The highest BCUT2D eigenvalue weighted by molar-refractivity contribution is 6.34. The topological polar surface area (TPSA) is 120 Å². The summed E-state index contributed by atoms with van der Waals surface area (Å²) >= 11 is 6.62. The third kappa shape index (κ3) is 5.44. The van der Waals surface area contributed by atoms with Gasteiger partial charge in [0.25, 0.3) is 0 Å². The molecule has 2 heterocycles. The minimum Gasteiger partial charge on any atom is -0.494 e. The molecule has 0 atom stereocenters. The summed E-state index contributed by atoms with van der Waals surface area (Å²) in [5, 5.41) is 16.7. The number of anilines is 4. The normalized spacial score (nSPS) is 10.5. The van der Waals surface area contributed by atoms with Crippen LogP contribution in [0.2, 0.25) is 5.02 Å². The Morgan fingerprint density at radius 3 is 2.57 bits per heavy atom. The zero-order valence-electron chi connectivity index (χ0n) is 20.4. The van der Waals surface area contributed by atoms with Crippen LogP contribution in [-0.2, 0) is 16.1 Å². The van der Waals surface area contributed by atoms with E-state index in [-0.39, 0.29) is 11.8 Å². The average Bonchev–Trinajstić information content (AvgIpc) is 2.88. The summed E-state index contributed by atoms with van der Waals surface area (Å²) in [4.78, 5) is 34.3. The molecule has 10 heteroatoms. The standard InChI is InChI=1S/C27H23ClN6O3/c1-16(35)32-27-24(37-3)9-7-21-25(19(12-29)14-31-26(21)27)33-20-6-8-23(22(28)11-20)34(17(2)36)15-18-5-4-10-30-13-18/h4-11,13-14H,15H2,1-3H3,(H,31,33)(H,32,35). The number of nitrogens with one attached hydrogen (secondary N) is 2. The molecule has 2 N–H and O–H groups in total. The van der Waals surface area contributed by atoms with Gasteiger partial charge in [-0.25, -0.2) is 0 Å². The molecule has 0 unspecified atom stereocenters. The molecule has 4 aromatic rings. The number of fused-ring (bicyclic) bond motifs is 1. The second-order valence-corrected chi connectivity index (χ2v) is 8.54. The number of hydrogen-bond donors (Lipinski definition) is 2. The van der Waals surface area contributed by atoms with Crippen LogP contribution in [0.25, 0.3) is 10.9 Å². The third-order valence-corrected chi connectivity index (χ3v) is 5.90. The van der Waals surface area contributed by atoms with Gasteiger partial charge in [0, 0.05) is 43.5 Å². The first-order valence-corrected chi connectivity index (χ1v) is 11.6. The molecule has 9 nitrogen and oxygen atoms in total. The van der Waals surface area contributed by atoms with E-state index in [9.17, 15) is 14.9 Å². The van der Waals surface area contributed by atoms with Crippen molar-refractivity contribution < 1.29 is 14.3 Å². The van der Waals surface area contributed by atoms with E-state index in [2.05, 4.69) is 26.7 Å². The molecule has 2 aromatic carbocycles. The molecule has 0 saturated heterocycles. The number of ether oxygens (including phenoxy) is 1. The zero-order chi connectivity index (χ0) is 26.5. The molecule has 0 aliphatic carbocycles. The fourth-order valence-corrected chi connectivity index (χ4v) is 4.20. The fourth-order valence-electron chi connectivity index (χ4n) is 3.92. The monoisotopic (exact) mass is 514 g/mol. The molecule has 0 fully saturated rings. The van der Waals surface area contributed by atoms with Gasteiger partial charge in [-0.05, 0) is 42.0 Å². The molecule has 0 saturated carbocycles. The van der Waals surface area contributed by atoms with Crippen LogP contribution in [0.4, 0.5) is 22.7 Å². The molecule has 4 rings (SSSR count). The maximum absolute atomic E-state index is 12.4. The Balaban J connectivity index is 1.74. The highest BCUT2D eigenvalue weighted by atomic mass is 35.5. The first-order chi connectivity index (χ1) is 17.8. The number of carbonyl (C=O) groups is 2. The summed E-state index contributed by atoms with van der Waals surface area (Å²) in [6, 6.07) is 14.5. The van der Waals surface area contributed by atoms with E-state index in [1.165, 1.54) is 27.2 Å². The lowest BCUT2D eigenvalue weighted by Crippen LogP contribution is -2.28. The van der Waals surface area contributed by atoms with Crippen molar-refractivity contribution in [1.82, 2.24) is 9.97 Å². The van der Waals surface area contributed by atoms with Crippen LogP contribution >= 0.6 is 11.6 Å². The van der Waals surface area contributed by atoms with Gasteiger partial charge in [-0.15, -0.1) is 0 Å². The summed E-state index contributed by atoms with van der Waals surface area (Å²) in [7, 11) is 1.50. The van der Waals surface area contributed by atoms with Gasteiger partial charge in [0.1, 0.15) is 17.5 Å². The minimum absolute atomic E-state index is 0.169. The number of amides is 2. The van der Waals surface area contributed by atoms with Crippen molar-refractivity contribution >= 4 is 57.1 Å². The van der Waals surface area contributed by atoms with Gasteiger partial charge in [0.05, 0.1) is 41.1 Å². The SMILES string of the molecule is COc1ccc2c(Nc3ccc(N(Cc4cccnc4)C(C)=O)c(Cl)c3)c(C#N)cnc2c1NC(C)=O. The van der Waals surface area contributed by atoms with Crippen molar-refractivity contribution in [3.63, 3.8) is 0 Å². The van der Waals surface area contributed by atoms with Crippen LogP contribution < -0.4 is 20.3 Å². The van der Waals surface area contributed by atoms with Crippen molar-refractivity contribution in [3.05, 3.63) is 77.2 Å². The highest BCUT2D eigenvalue weighted by Gasteiger charge is 2.19. The number of hydrogen-bond acceptors (Lipinski definition) is 7. The number of nitrogens with zero attached hydrogens (tertiary/aromatic N) is 4. The number of methoxy groups -OCH3 is 1. The zero-order valence-corrected chi connectivity index (χ0v) is 21.1. The Hall–Kier alpha value is -4.68. The van der Waals surface area contributed by atoms with Crippen molar-refractivity contribution in [2.75, 3.05) is 22.6 Å². The largest absolute Gasteiger partial charge is 0.494 e. The summed E-state index contributed by atoms with van der Waals surface area (Å²) in [5.41, 5.74) is 3.65. The summed E-state index contributed by atoms with van der Waals surface area (Å²) < 4.78 is 5.39. The Labute approximate surface area is 218 Å². The Kier molecular flexibility index (Phi) is 7.51. The molecule has 2 aromatic heterocycles. The number of benzene rings is 2. The van der Waals surface area contributed by atoms with Gasteiger partial charge in [-0.2, -0.15) is 5.26 Å². The van der Waals surface area contributed by atoms with Gasteiger partial charge < -0.3 is 20.3 Å². The molecule has 37 heavy (non-hydrogen) atoms. The number of carbonyl (C=O) groups excluding carboxylic acids is 2. The predicted molar refractivity (Wildman–Crippen MR) is 143 cm³/mol. The van der Waals surface area contributed by atoms with Crippen LogP contribution in [0, 0.1) is 11.3 Å². The molecule has 0 bridgehead atoms. The van der Waals surface area contributed by atoms with Crippen molar-refractivity contribution in [1.29, 1.82) is 5.26 Å². The molecule has 186 valence electrons. The Bertz CT molecular complexity index is 1540. The van der Waals surface area contributed by atoms with E-state index in [1.807, 2.05) is 6.07 Å². The second kappa shape index (κ2) is 10.9. The Morgan fingerprint density at radius 1 is 1.14 bits per heavy atom. The maximum atomic E-state index is 12.4. The number of pyridine rings is 2. The summed E-state index contributed by atoms with van der Waals surface area (Å²) in [5.74, 6) is -0.0100. The number of nitriles is 1. The molecule has 0 aliphatic rings. The molecule has 0 aliphatic heterocycles. The van der Waals surface area contributed by atoms with E-state index in [1.54, 1.807) is 53.7 Å². The van der Waals surface area contributed by atoms with Gasteiger partial charge in [0.15, 0.2) is 0 Å². The maximum Gasteiger partial charge on any atom is 0.224 e. The quantitative estimate of drug-likeness (QED) is 0.338. The van der Waals surface area contributed by atoms with Crippen LogP contribution in [0.3, 0.4) is 0 Å². The minimum atomic E-state index is -0.282. The van der Waals surface area contributed by atoms with Crippen LogP contribution in [-0.4, -0.2) is 28.9 Å². The van der Waals surface area contributed by atoms with E-state index in [0.717, 1.165) is 5.56 Å². The van der Waals surface area contributed by atoms with Gasteiger partial charge >= 0.3 is 0 Å². The summed E-state index contributed by atoms with van der Waals surface area (Å²) in [6.07, 6.45) is 4.79. The number of aromatic nitrogens is 2. The van der Waals surface area contributed by atoms with Crippen LogP contribution in [0.5, 0.6) is 5.75 Å². The fraction of sp³-hybridized carbons (Fsp3) is 0.148. The Morgan fingerprint density at radius 2 is 1.95 bits per heavy atom. The smallest absolute Gasteiger partial charge is 0.224 e. The van der Waals surface area contributed by atoms with Gasteiger partial charge in [-0.1, -0.05) is 17.7 Å². The lowest BCUT2D eigenvalue weighted by Gasteiger charge is -2.23. The lowest BCUT2D eigenvalue weighted by molar-refractivity contribution is -0.116. The van der Waals surface area contributed by atoms with E-state index in [4.69, 9.17) is 16.3 Å². The highest BCUT2D eigenvalue weighted by Crippen LogP contribution is 2.38. The summed E-state index contributed by atoms with van der Waals surface area (Å²) in [6.45, 7) is 3.18. The second-order valence-electron chi connectivity index (χ2n) is 8.14. The first kappa shape index (κ1) is 25.4. The van der Waals surface area contributed by atoms with Crippen LogP contribution in [0.15, 0.2) is 61.1 Å². The van der Waals surface area contributed by atoms with Crippen molar-refractivity contribution in [3.8, 4) is 11.8 Å². The van der Waals surface area contributed by atoms with Gasteiger partial charge in [-0.3, -0.25) is 19.6 Å². The van der Waals surface area contributed by atoms with E-state index in [0.29, 0.717) is 56.5 Å².